The van der Waals surface area contributed by atoms with Crippen molar-refractivity contribution in [3.63, 3.8) is 0 Å². The van der Waals surface area contributed by atoms with Crippen LogP contribution >= 0.6 is 0 Å². The van der Waals surface area contributed by atoms with Crippen molar-refractivity contribution in [3.8, 4) is 0 Å². The van der Waals surface area contributed by atoms with Gasteiger partial charge in [0.15, 0.2) is 11.0 Å². The van der Waals surface area contributed by atoms with Gasteiger partial charge in [0.2, 0.25) is 0 Å². The highest BCUT2D eigenvalue weighted by Crippen LogP contribution is 2.35. The van der Waals surface area contributed by atoms with Gasteiger partial charge in [0.25, 0.3) is 0 Å². The summed E-state index contributed by atoms with van der Waals surface area (Å²) in [4.78, 5) is 7.64. The molecule has 7 heteroatoms. The van der Waals surface area contributed by atoms with Crippen molar-refractivity contribution in [2.24, 2.45) is 0 Å². The van der Waals surface area contributed by atoms with Crippen LogP contribution in [0, 0.1) is 0 Å². The zero-order valence-corrected chi connectivity index (χ0v) is 16.7. The van der Waals surface area contributed by atoms with E-state index in [4.69, 9.17) is 4.98 Å². The molecule has 1 aliphatic rings. The van der Waals surface area contributed by atoms with Crippen molar-refractivity contribution in [1.29, 1.82) is 0 Å². The molecular weight excluding hydrogens is 375 g/mol. The quantitative estimate of drug-likeness (QED) is 0.584. The third-order valence-corrected chi connectivity index (χ3v) is 6.50. The molecule has 4 rings (SSSR count). The second-order valence-electron chi connectivity index (χ2n) is 6.78. The van der Waals surface area contributed by atoms with E-state index in [1.54, 1.807) is 11.4 Å². The Bertz CT molecular complexity index is 1050. The van der Waals surface area contributed by atoms with E-state index in [1.807, 2.05) is 53.4 Å². The lowest BCUT2D eigenvalue weighted by molar-refractivity contribution is 0.446. The summed E-state index contributed by atoms with van der Waals surface area (Å²) < 4.78 is 29.2. The molecule has 1 unspecified atom stereocenters. The van der Waals surface area contributed by atoms with Gasteiger partial charge in [0.1, 0.15) is 11.6 Å². The Morgan fingerprint density at radius 1 is 1.11 bits per heavy atom. The van der Waals surface area contributed by atoms with E-state index in [9.17, 15) is 8.60 Å². The SMILES string of the molecule is C=C1N(Cc2nc3ccccc3n2CCCCF)c2ccccc2S(=O)N1C. The van der Waals surface area contributed by atoms with Crippen molar-refractivity contribution < 1.29 is 8.60 Å². The van der Waals surface area contributed by atoms with Gasteiger partial charge in [-0.25, -0.2) is 9.19 Å². The summed E-state index contributed by atoms with van der Waals surface area (Å²) in [5.74, 6) is 1.55. The van der Waals surface area contributed by atoms with Gasteiger partial charge >= 0.3 is 0 Å². The van der Waals surface area contributed by atoms with Crippen LogP contribution < -0.4 is 4.90 Å². The maximum atomic E-state index is 12.7. The molecule has 5 nitrogen and oxygen atoms in total. The summed E-state index contributed by atoms with van der Waals surface area (Å²) in [6.07, 6.45) is 1.29. The Morgan fingerprint density at radius 3 is 2.68 bits per heavy atom. The predicted molar refractivity (Wildman–Crippen MR) is 111 cm³/mol. The van der Waals surface area contributed by atoms with E-state index >= 15 is 0 Å². The number of para-hydroxylation sites is 3. The molecule has 28 heavy (non-hydrogen) atoms. The number of anilines is 1. The zero-order chi connectivity index (χ0) is 19.7. The molecule has 2 aromatic carbocycles. The van der Waals surface area contributed by atoms with Gasteiger partial charge in [-0.05, 0) is 37.1 Å². The number of hydrogen-bond donors (Lipinski definition) is 0. The molecule has 1 aliphatic heterocycles. The fourth-order valence-corrected chi connectivity index (χ4v) is 4.70. The summed E-state index contributed by atoms with van der Waals surface area (Å²) >= 11 is 0. The van der Waals surface area contributed by atoms with Crippen LogP contribution in [0.1, 0.15) is 18.7 Å². The van der Waals surface area contributed by atoms with Crippen LogP contribution in [0.2, 0.25) is 0 Å². The first-order chi connectivity index (χ1) is 13.6. The summed E-state index contributed by atoms with van der Waals surface area (Å²) in [6, 6.07) is 15.7. The first-order valence-electron chi connectivity index (χ1n) is 9.33. The van der Waals surface area contributed by atoms with Crippen LogP contribution in [0.25, 0.3) is 11.0 Å². The van der Waals surface area contributed by atoms with E-state index in [0.717, 1.165) is 33.9 Å². The number of nitrogens with zero attached hydrogens (tertiary/aromatic N) is 4. The number of benzene rings is 2. The Balaban J connectivity index is 1.75. The number of aryl methyl sites for hydroxylation is 1. The van der Waals surface area contributed by atoms with Crippen LogP contribution in [0.5, 0.6) is 0 Å². The minimum Gasteiger partial charge on any atom is -0.326 e. The van der Waals surface area contributed by atoms with E-state index in [2.05, 4.69) is 11.1 Å². The monoisotopic (exact) mass is 398 g/mol. The predicted octanol–water partition coefficient (Wildman–Crippen LogP) is 4.23. The van der Waals surface area contributed by atoms with Crippen LogP contribution in [-0.4, -0.2) is 31.8 Å². The fourth-order valence-electron chi connectivity index (χ4n) is 3.56. The number of halogens is 1. The second kappa shape index (κ2) is 7.75. The molecular formula is C21H23FN4OS. The highest BCUT2D eigenvalue weighted by molar-refractivity contribution is 7.83. The number of fused-ring (bicyclic) bond motifs is 2. The lowest BCUT2D eigenvalue weighted by atomic mass is 10.2. The standard InChI is InChI=1S/C21H23FN4OS/c1-16-24(2)28(27)20-12-6-5-11-19(20)26(16)15-21-23-17-9-3-4-10-18(17)25(21)14-8-7-13-22/h3-6,9-12H,1,7-8,13-15H2,2H3. The normalized spacial score (nSPS) is 16.6. The largest absolute Gasteiger partial charge is 0.326 e. The topological polar surface area (TPSA) is 41.4 Å². The molecule has 3 aromatic rings. The summed E-state index contributed by atoms with van der Waals surface area (Å²) in [5.41, 5.74) is 2.85. The lowest BCUT2D eigenvalue weighted by Crippen LogP contribution is -2.39. The highest BCUT2D eigenvalue weighted by atomic mass is 32.2. The number of aromatic nitrogens is 2. The molecule has 0 fully saturated rings. The van der Waals surface area contributed by atoms with Crippen LogP contribution in [0.15, 0.2) is 65.8 Å². The third kappa shape index (κ3) is 3.20. The Hall–Kier alpha value is -2.67. The lowest BCUT2D eigenvalue weighted by Gasteiger charge is -2.37. The molecule has 146 valence electrons. The zero-order valence-electron chi connectivity index (χ0n) is 15.8. The van der Waals surface area contributed by atoms with Crippen molar-refractivity contribution in [3.05, 3.63) is 66.8 Å². The number of unbranched alkanes of at least 4 members (excludes halogenated alkanes) is 1. The first kappa shape index (κ1) is 18.7. The molecule has 0 N–H and O–H groups in total. The van der Waals surface area contributed by atoms with Gasteiger partial charge < -0.3 is 9.47 Å². The molecule has 0 amide bonds. The summed E-state index contributed by atoms with van der Waals surface area (Å²) in [6.45, 7) is 5.06. The molecule has 2 heterocycles. The van der Waals surface area contributed by atoms with Gasteiger partial charge in [-0.15, -0.1) is 0 Å². The highest BCUT2D eigenvalue weighted by Gasteiger charge is 2.30. The molecule has 0 spiro atoms. The van der Waals surface area contributed by atoms with E-state index in [-0.39, 0.29) is 6.67 Å². The van der Waals surface area contributed by atoms with Crippen molar-refractivity contribution in [1.82, 2.24) is 13.9 Å². The Labute approximate surface area is 166 Å². The van der Waals surface area contributed by atoms with Gasteiger partial charge in [0.05, 0.1) is 34.8 Å². The summed E-state index contributed by atoms with van der Waals surface area (Å²) in [5, 5.41) is 0. The number of alkyl halides is 1. The van der Waals surface area contributed by atoms with Gasteiger partial charge in [-0.2, -0.15) is 0 Å². The molecule has 0 saturated carbocycles. The molecule has 0 aliphatic carbocycles. The second-order valence-corrected chi connectivity index (χ2v) is 8.27. The average molecular weight is 399 g/mol. The number of rotatable bonds is 6. The van der Waals surface area contributed by atoms with Crippen LogP contribution in [0.3, 0.4) is 0 Å². The third-order valence-electron chi connectivity index (χ3n) is 5.07. The maximum absolute atomic E-state index is 12.7. The van der Waals surface area contributed by atoms with E-state index in [0.29, 0.717) is 25.3 Å². The van der Waals surface area contributed by atoms with Crippen LogP contribution in [-0.2, 0) is 24.1 Å². The van der Waals surface area contributed by atoms with Crippen molar-refractivity contribution >= 4 is 27.7 Å². The van der Waals surface area contributed by atoms with Crippen molar-refractivity contribution in [2.45, 2.75) is 30.8 Å². The van der Waals surface area contributed by atoms with E-state index < -0.39 is 11.0 Å². The number of hydrogen-bond acceptors (Lipinski definition) is 3. The Kier molecular flexibility index (Phi) is 5.17. The first-order valence-corrected chi connectivity index (χ1v) is 10.4. The van der Waals surface area contributed by atoms with E-state index in [1.165, 1.54) is 0 Å². The Morgan fingerprint density at radius 2 is 1.86 bits per heavy atom. The van der Waals surface area contributed by atoms with Crippen LogP contribution in [0.4, 0.5) is 10.1 Å². The summed E-state index contributed by atoms with van der Waals surface area (Å²) in [7, 11) is 0.512. The number of imidazole rings is 1. The minimum absolute atomic E-state index is 0.311. The van der Waals surface area contributed by atoms with Gasteiger partial charge in [-0.1, -0.05) is 30.8 Å². The molecule has 0 saturated heterocycles. The smallest absolute Gasteiger partial charge is 0.155 e. The maximum Gasteiger partial charge on any atom is 0.155 e. The van der Waals surface area contributed by atoms with Gasteiger partial charge in [-0.3, -0.25) is 8.70 Å². The van der Waals surface area contributed by atoms with Crippen molar-refractivity contribution in [2.75, 3.05) is 18.6 Å². The molecule has 1 aromatic heterocycles. The van der Waals surface area contributed by atoms with Gasteiger partial charge in [0, 0.05) is 13.6 Å². The average Bonchev–Trinajstić information content (AvgIpc) is 3.07. The molecule has 1 atom stereocenters. The minimum atomic E-state index is -1.27. The molecule has 0 radical (unpaired) electrons. The fraction of sp³-hybridized carbons (Fsp3) is 0.286. The molecule has 0 bridgehead atoms.